The number of anilines is 1. The molecule has 5 nitrogen and oxygen atoms in total. The van der Waals surface area contributed by atoms with Crippen molar-refractivity contribution in [1.29, 1.82) is 0 Å². The zero-order chi connectivity index (χ0) is 17.1. The summed E-state index contributed by atoms with van der Waals surface area (Å²) in [6.07, 6.45) is -3.61. The monoisotopic (exact) mass is 345 g/mol. The van der Waals surface area contributed by atoms with Crippen LogP contribution in [0, 0.1) is 0 Å². The van der Waals surface area contributed by atoms with Crippen LogP contribution in [0.3, 0.4) is 0 Å². The molecule has 2 amide bonds. The van der Waals surface area contributed by atoms with Gasteiger partial charge in [0.1, 0.15) is 11.3 Å². The van der Waals surface area contributed by atoms with Crippen LogP contribution in [-0.4, -0.2) is 22.7 Å². The van der Waals surface area contributed by atoms with Gasteiger partial charge in [-0.3, -0.25) is 0 Å². The summed E-state index contributed by atoms with van der Waals surface area (Å²) in [5.41, 5.74) is -1.50. The number of nitrogens with zero attached hydrogens (tertiary/aromatic N) is 1. The zero-order valence-corrected chi connectivity index (χ0v) is 12.8. The van der Waals surface area contributed by atoms with Gasteiger partial charge < -0.3 is 15.7 Å². The second kappa shape index (κ2) is 6.55. The van der Waals surface area contributed by atoms with E-state index in [1.54, 1.807) is 23.8 Å². The molecule has 2 aromatic heterocycles. The van der Waals surface area contributed by atoms with E-state index in [4.69, 9.17) is 0 Å². The highest BCUT2D eigenvalue weighted by atomic mass is 32.1. The van der Waals surface area contributed by atoms with Gasteiger partial charge in [-0.2, -0.15) is 24.5 Å². The number of aliphatic hydroxyl groups is 1. The number of hydrogen-bond donors (Lipinski definition) is 3. The molecule has 0 aliphatic heterocycles. The Morgan fingerprint density at radius 2 is 2.09 bits per heavy atom. The molecule has 3 N–H and O–H groups in total. The van der Waals surface area contributed by atoms with Gasteiger partial charge in [-0.15, -0.1) is 0 Å². The largest absolute Gasteiger partial charge is 0.433 e. The van der Waals surface area contributed by atoms with Gasteiger partial charge in [0.25, 0.3) is 0 Å². The molecule has 9 heteroatoms. The lowest BCUT2D eigenvalue weighted by atomic mass is 9.99. The molecule has 0 saturated carbocycles. The number of rotatable bonds is 4. The van der Waals surface area contributed by atoms with Crippen molar-refractivity contribution in [2.75, 3.05) is 11.9 Å². The van der Waals surface area contributed by atoms with Crippen molar-refractivity contribution >= 4 is 23.1 Å². The van der Waals surface area contributed by atoms with E-state index < -0.39 is 23.5 Å². The summed E-state index contributed by atoms with van der Waals surface area (Å²) in [4.78, 5) is 15.0. The number of carbonyl (C=O) groups is 1. The number of urea groups is 1. The zero-order valence-electron chi connectivity index (χ0n) is 12.0. The van der Waals surface area contributed by atoms with Crippen molar-refractivity contribution in [2.24, 2.45) is 0 Å². The van der Waals surface area contributed by atoms with Gasteiger partial charge in [0.15, 0.2) is 0 Å². The van der Waals surface area contributed by atoms with Crippen molar-refractivity contribution < 1.29 is 23.1 Å². The number of halogens is 3. The number of thiophene rings is 1. The quantitative estimate of drug-likeness (QED) is 0.797. The average Bonchev–Trinajstić information content (AvgIpc) is 3.00. The van der Waals surface area contributed by atoms with E-state index in [2.05, 4.69) is 15.6 Å². The van der Waals surface area contributed by atoms with E-state index in [0.29, 0.717) is 5.56 Å². The summed E-state index contributed by atoms with van der Waals surface area (Å²) < 4.78 is 37.1. The first-order valence-corrected chi connectivity index (χ1v) is 7.46. The van der Waals surface area contributed by atoms with Gasteiger partial charge in [-0.05, 0) is 41.4 Å². The molecule has 0 bridgehead atoms. The highest BCUT2D eigenvalue weighted by molar-refractivity contribution is 7.08. The number of amides is 2. The Labute approximate surface area is 134 Å². The lowest BCUT2D eigenvalue weighted by Crippen LogP contribution is -2.40. The van der Waals surface area contributed by atoms with Crippen LogP contribution in [0.25, 0.3) is 0 Å². The van der Waals surface area contributed by atoms with E-state index in [-0.39, 0.29) is 12.2 Å². The molecular formula is C14H14F3N3O2S. The first-order chi connectivity index (χ1) is 10.7. The molecule has 1 unspecified atom stereocenters. The molecular weight excluding hydrogens is 331 g/mol. The number of nitrogens with one attached hydrogen (secondary N) is 2. The normalized spacial score (nSPS) is 14.1. The molecule has 0 spiro atoms. The Hall–Kier alpha value is -2.13. The van der Waals surface area contributed by atoms with Gasteiger partial charge in [-0.25, -0.2) is 9.78 Å². The lowest BCUT2D eigenvalue weighted by molar-refractivity contribution is -0.141. The van der Waals surface area contributed by atoms with Crippen LogP contribution in [0.2, 0.25) is 0 Å². The maximum atomic E-state index is 12.4. The third kappa shape index (κ3) is 4.67. The molecule has 0 aliphatic carbocycles. The maximum Gasteiger partial charge on any atom is 0.433 e. The third-order valence-corrected chi connectivity index (χ3v) is 3.73. The summed E-state index contributed by atoms with van der Waals surface area (Å²) in [5, 5.41) is 18.6. The van der Waals surface area contributed by atoms with Crippen LogP contribution < -0.4 is 10.6 Å². The van der Waals surface area contributed by atoms with Gasteiger partial charge in [0.05, 0.1) is 18.4 Å². The standard InChI is InChI=1S/C14H14F3N3O2S/c1-13(22,9-4-5-23-7-9)8-19-12(21)20-10-2-3-11(18-6-10)14(15,16)17/h2-7,22H,8H2,1H3,(H2,19,20,21). The number of hydrogen-bond acceptors (Lipinski definition) is 4. The number of carbonyl (C=O) groups excluding carboxylic acids is 1. The Balaban J connectivity index is 1.90. The summed E-state index contributed by atoms with van der Waals surface area (Å²) in [5.74, 6) is 0. The second-order valence-electron chi connectivity index (χ2n) is 5.02. The molecule has 0 aliphatic rings. The molecule has 0 radical (unpaired) electrons. The van der Waals surface area contributed by atoms with Crippen molar-refractivity contribution in [1.82, 2.24) is 10.3 Å². The smallest absolute Gasteiger partial charge is 0.384 e. The molecule has 2 rings (SSSR count). The minimum absolute atomic E-state index is 0.0520. The fraction of sp³-hybridized carbons (Fsp3) is 0.286. The van der Waals surface area contributed by atoms with E-state index in [1.807, 2.05) is 0 Å². The fourth-order valence-electron chi connectivity index (χ4n) is 1.74. The van der Waals surface area contributed by atoms with E-state index >= 15 is 0 Å². The molecule has 0 fully saturated rings. The van der Waals surface area contributed by atoms with Crippen molar-refractivity contribution in [3.8, 4) is 0 Å². The van der Waals surface area contributed by atoms with E-state index in [1.165, 1.54) is 11.3 Å². The SMILES string of the molecule is CC(O)(CNC(=O)Nc1ccc(C(F)(F)F)nc1)c1ccsc1. The Morgan fingerprint density at radius 3 is 2.61 bits per heavy atom. The van der Waals surface area contributed by atoms with Crippen molar-refractivity contribution in [3.63, 3.8) is 0 Å². The first kappa shape index (κ1) is 17.2. The minimum Gasteiger partial charge on any atom is -0.384 e. The topological polar surface area (TPSA) is 74.2 Å². The fourth-order valence-corrected chi connectivity index (χ4v) is 2.52. The Kier molecular flexibility index (Phi) is 4.90. The molecule has 1 atom stereocenters. The van der Waals surface area contributed by atoms with Crippen LogP contribution in [-0.2, 0) is 11.8 Å². The van der Waals surface area contributed by atoms with E-state index in [0.717, 1.165) is 18.3 Å². The maximum absolute atomic E-state index is 12.4. The van der Waals surface area contributed by atoms with Crippen LogP contribution in [0.15, 0.2) is 35.2 Å². The van der Waals surface area contributed by atoms with Gasteiger partial charge in [0, 0.05) is 0 Å². The third-order valence-electron chi connectivity index (χ3n) is 3.05. The second-order valence-corrected chi connectivity index (χ2v) is 5.80. The number of alkyl halides is 3. The Bertz CT molecular complexity index is 655. The molecule has 124 valence electrons. The number of aromatic nitrogens is 1. The minimum atomic E-state index is -4.53. The molecule has 0 saturated heterocycles. The average molecular weight is 345 g/mol. The predicted octanol–water partition coefficient (Wildman–Crippen LogP) is 3.19. The van der Waals surface area contributed by atoms with Crippen LogP contribution in [0.4, 0.5) is 23.7 Å². The first-order valence-electron chi connectivity index (χ1n) is 6.52. The summed E-state index contributed by atoms with van der Waals surface area (Å²) in [6, 6.07) is 2.97. The lowest BCUT2D eigenvalue weighted by Gasteiger charge is -2.22. The number of pyridine rings is 1. The van der Waals surface area contributed by atoms with Crippen LogP contribution in [0.1, 0.15) is 18.2 Å². The molecule has 2 aromatic rings. The van der Waals surface area contributed by atoms with Crippen LogP contribution >= 0.6 is 11.3 Å². The van der Waals surface area contributed by atoms with Crippen molar-refractivity contribution in [3.05, 3.63) is 46.4 Å². The van der Waals surface area contributed by atoms with Crippen molar-refractivity contribution in [2.45, 2.75) is 18.7 Å². The molecule has 0 aromatic carbocycles. The predicted molar refractivity (Wildman–Crippen MR) is 80.2 cm³/mol. The summed E-state index contributed by atoms with van der Waals surface area (Å²) in [6.45, 7) is 1.50. The van der Waals surface area contributed by atoms with Gasteiger partial charge in [-0.1, -0.05) is 0 Å². The summed E-state index contributed by atoms with van der Waals surface area (Å²) in [7, 11) is 0. The van der Waals surface area contributed by atoms with Gasteiger partial charge in [0.2, 0.25) is 0 Å². The van der Waals surface area contributed by atoms with Crippen LogP contribution in [0.5, 0.6) is 0 Å². The molecule has 2 heterocycles. The molecule has 23 heavy (non-hydrogen) atoms. The summed E-state index contributed by atoms with van der Waals surface area (Å²) >= 11 is 1.42. The van der Waals surface area contributed by atoms with Gasteiger partial charge >= 0.3 is 12.2 Å². The highest BCUT2D eigenvalue weighted by Crippen LogP contribution is 2.27. The Morgan fingerprint density at radius 1 is 1.35 bits per heavy atom. The van der Waals surface area contributed by atoms with E-state index in [9.17, 15) is 23.1 Å². The highest BCUT2D eigenvalue weighted by Gasteiger charge is 2.32.